The highest BCUT2D eigenvalue weighted by Gasteiger charge is 2.34. The lowest BCUT2D eigenvalue weighted by Crippen LogP contribution is -2.48. The average Bonchev–Trinajstić information content (AvgIpc) is 3.28. The largest absolute Gasteiger partial charge is 0.387 e. The molecule has 0 aromatic carbocycles. The molecule has 3 aliphatic rings. The Kier molecular flexibility index (Phi) is 6.48. The van der Waals surface area contributed by atoms with Crippen LogP contribution in [0.3, 0.4) is 0 Å². The van der Waals surface area contributed by atoms with Gasteiger partial charge >= 0.3 is 0 Å². The minimum atomic E-state index is -0.370. The fourth-order valence-electron chi connectivity index (χ4n) is 4.95. The van der Waals surface area contributed by atoms with Crippen LogP contribution >= 0.6 is 11.3 Å². The quantitative estimate of drug-likeness (QED) is 0.856. The monoisotopic (exact) mass is 392 g/mol. The standard InChI is InChI=1S/C21H32N2O3S/c24-20(19-2-1-15-27-19)16-3-11-23(12-4-16)21(25)17-5-9-22(10-6-17)18-7-13-26-14-8-18/h1-2,15-18,20,24H,3-14H2. The molecule has 1 aromatic heterocycles. The van der Waals surface area contributed by atoms with Crippen molar-refractivity contribution in [2.24, 2.45) is 11.8 Å². The summed E-state index contributed by atoms with van der Waals surface area (Å²) >= 11 is 1.62. The summed E-state index contributed by atoms with van der Waals surface area (Å²) in [6, 6.07) is 4.66. The number of hydrogen-bond acceptors (Lipinski definition) is 5. The summed E-state index contributed by atoms with van der Waals surface area (Å²) in [6.07, 6.45) is 5.71. The van der Waals surface area contributed by atoms with Crippen LogP contribution in [-0.2, 0) is 9.53 Å². The normalized spacial score (nSPS) is 25.6. The summed E-state index contributed by atoms with van der Waals surface area (Å²) in [6.45, 7) is 5.47. The molecule has 1 amide bonds. The van der Waals surface area contributed by atoms with Crippen LogP contribution in [0.1, 0.15) is 49.5 Å². The van der Waals surface area contributed by atoms with Crippen LogP contribution in [0.2, 0.25) is 0 Å². The van der Waals surface area contributed by atoms with Gasteiger partial charge in [-0.1, -0.05) is 6.07 Å². The number of rotatable bonds is 4. The molecule has 0 saturated carbocycles. The molecule has 0 aliphatic carbocycles. The maximum absolute atomic E-state index is 13.0. The second-order valence-electron chi connectivity index (χ2n) is 8.28. The molecule has 1 atom stereocenters. The average molecular weight is 393 g/mol. The van der Waals surface area contributed by atoms with Crippen LogP contribution in [0.25, 0.3) is 0 Å². The first-order valence-corrected chi connectivity index (χ1v) is 11.4. The Bertz CT molecular complexity index is 587. The molecule has 27 heavy (non-hydrogen) atoms. The predicted molar refractivity (Wildman–Crippen MR) is 107 cm³/mol. The Morgan fingerprint density at radius 2 is 1.78 bits per heavy atom. The van der Waals surface area contributed by atoms with E-state index in [4.69, 9.17) is 4.74 Å². The van der Waals surface area contributed by atoms with Gasteiger partial charge in [0.1, 0.15) is 0 Å². The lowest BCUT2D eigenvalue weighted by Gasteiger charge is -2.41. The van der Waals surface area contributed by atoms with E-state index >= 15 is 0 Å². The van der Waals surface area contributed by atoms with E-state index in [0.29, 0.717) is 11.9 Å². The minimum absolute atomic E-state index is 0.194. The number of piperidine rings is 2. The smallest absolute Gasteiger partial charge is 0.225 e. The van der Waals surface area contributed by atoms with E-state index in [-0.39, 0.29) is 17.9 Å². The molecule has 6 heteroatoms. The molecule has 3 saturated heterocycles. The van der Waals surface area contributed by atoms with Gasteiger partial charge in [0.25, 0.3) is 0 Å². The third-order valence-electron chi connectivity index (χ3n) is 6.72. The number of carbonyl (C=O) groups excluding carboxylic acids is 1. The molecule has 1 unspecified atom stereocenters. The lowest BCUT2D eigenvalue weighted by atomic mass is 9.88. The molecule has 1 aromatic rings. The van der Waals surface area contributed by atoms with Crippen molar-refractivity contribution in [1.82, 2.24) is 9.80 Å². The number of aliphatic hydroxyl groups is 1. The van der Waals surface area contributed by atoms with Crippen molar-refractivity contribution >= 4 is 17.2 Å². The van der Waals surface area contributed by atoms with E-state index in [1.807, 2.05) is 17.5 Å². The zero-order valence-corrected chi connectivity index (χ0v) is 16.9. The van der Waals surface area contributed by atoms with E-state index in [1.54, 1.807) is 11.3 Å². The predicted octanol–water partition coefficient (Wildman–Crippen LogP) is 2.91. The number of likely N-dealkylation sites (tertiary alicyclic amines) is 2. The molecule has 3 fully saturated rings. The van der Waals surface area contributed by atoms with Gasteiger partial charge in [-0.15, -0.1) is 11.3 Å². The fraction of sp³-hybridized carbons (Fsp3) is 0.762. The van der Waals surface area contributed by atoms with Crippen LogP contribution < -0.4 is 0 Å². The van der Waals surface area contributed by atoms with Crippen molar-refractivity contribution in [3.63, 3.8) is 0 Å². The molecule has 0 bridgehead atoms. The van der Waals surface area contributed by atoms with Crippen molar-refractivity contribution < 1.29 is 14.6 Å². The summed E-state index contributed by atoms with van der Waals surface area (Å²) < 4.78 is 5.47. The van der Waals surface area contributed by atoms with Crippen molar-refractivity contribution in [3.05, 3.63) is 22.4 Å². The van der Waals surface area contributed by atoms with Gasteiger partial charge < -0.3 is 19.6 Å². The van der Waals surface area contributed by atoms with Gasteiger partial charge in [0.05, 0.1) is 6.10 Å². The topological polar surface area (TPSA) is 53.0 Å². The van der Waals surface area contributed by atoms with Crippen molar-refractivity contribution in [2.75, 3.05) is 39.4 Å². The van der Waals surface area contributed by atoms with E-state index < -0.39 is 0 Å². The minimum Gasteiger partial charge on any atom is -0.387 e. The molecular formula is C21H32N2O3S. The molecule has 4 rings (SSSR count). The summed E-state index contributed by atoms with van der Waals surface area (Å²) in [5.74, 6) is 0.827. The van der Waals surface area contributed by atoms with Gasteiger partial charge in [0.15, 0.2) is 0 Å². The molecule has 4 heterocycles. The molecular weight excluding hydrogens is 360 g/mol. The lowest BCUT2D eigenvalue weighted by molar-refractivity contribution is -0.139. The number of amides is 1. The van der Waals surface area contributed by atoms with E-state index in [1.165, 1.54) is 0 Å². The zero-order chi connectivity index (χ0) is 18.6. The van der Waals surface area contributed by atoms with Crippen LogP contribution in [0.5, 0.6) is 0 Å². The third kappa shape index (κ3) is 4.56. The maximum Gasteiger partial charge on any atom is 0.225 e. The Labute approximate surface area is 166 Å². The SMILES string of the molecule is O=C(C1CCN(C2CCOCC2)CC1)N1CCC(C(O)c2cccs2)CC1. The summed E-state index contributed by atoms with van der Waals surface area (Å²) in [5, 5.41) is 12.6. The molecule has 5 nitrogen and oxygen atoms in total. The van der Waals surface area contributed by atoms with Crippen molar-refractivity contribution in [3.8, 4) is 0 Å². The van der Waals surface area contributed by atoms with Gasteiger partial charge in [0.2, 0.25) is 5.91 Å². The molecule has 3 aliphatic heterocycles. The zero-order valence-electron chi connectivity index (χ0n) is 16.1. The van der Waals surface area contributed by atoms with Gasteiger partial charge in [-0.3, -0.25) is 4.79 Å². The van der Waals surface area contributed by atoms with Gasteiger partial charge in [-0.2, -0.15) is 0 Å². The van der Waals surface area contributed by atoms with Crippen molar-refractivity contribution in [2.45, 2.75) is 50.7 Å². The number of aliphatic hydroxyl groups excluding tert-OH is 1. The second kappa shape index (κ2) is 9.03. The fourth-order valence-corrected chi connectivity index (χ4v) is 5.75. The van der Waals surface area contributed by atoms with Crippen LogP contribution in [-0.4, -0.2) is 66.2 Å². The van der Waals surface area contributed by atoms with Crippen LogP contribution in [0.4, 0.5) is 0 Å². The maximum atomic E-state index is 13.0. The molecule has 1 N–H and O–H groups in total. The summed E-state index contributed by atoms with van der Waals surface area (Å²) in [5.41, 5.74) is 0. The molecule has 0 radical (unpaired) electrons. The Morgan fingerprint density at radius 1 is 1.07 bits per heavy atom. The number of hydrogen-bond donors (Lipinski definition) is 1. The Morgan fingerprint density at radius 3 is 2.41 bits per heavy atom. The summed E-state index contributed by atoms with van der Waals surface area (Å²) in [4.78, 5) is 18.7. The first-order chi connectivity index (χ1) is 13.2. The van der Waals surface area contributed by atoms with E-state index in [0.717, 1.165) is 82.8 Å². The van der Waals surface area contributed by atoms with E-state index in [9.17, 15) is 9.90 Å². The van der Waals surface area contributed by atoms with E-state index in [2.05, 4.69) is 9.80 Å². The van der Waals surface area contributed by atoms with Gasteiger partial charge in [-0.25, -0.2) is 0 Å². The highest BCUT2D eigenvalue weighted by Crippen LogP contribution is 2.34. The molecule has 150 valence electrons. The highest BCUT2D eigenvalue weighted by molar-refractivity contribution is 7.10. The Hall–Kier alpha value is -0.950. The number of carbonyl (C=O) groups is 1. The number of thiophene rings is 1. The summed E-state index contributed by atoms with van der Waals surface area (Å²) in [7, 11) is 0. The van der Waals surface area contributed by atoms with Crippen molar-refractivity contribution in [1.29, 1.82) is 0 Å². The van der Waals surface area contributed by atoms with Crippen LogP contribution in [0, 0.1) is 11.8 Å². The number of ether oxygens (including phenoxy) is 1. The second-order valence-corrected chi connectivity index (χ2v) is 9.26. The van der Waals surface area contributed by atoms with Crippen LogP contribution in [0.15, 0.2) is 17.5 Å². The first-order valence-electron chi connectivity index (χ1n) is 10.5. The third-order valence-corrected chi connectivity index (χ3v) is 7.66. The number of nitrogens with zero attached hydrogens (tertiary/aromatic N) is 2. The Balaban J connectivity index is 1.23. The van der Waals surface area contributed by atoms with Gasteiger partial charge in [0, 0.05) is 43.1 Å². The highest BCUT2D eigenvalue weighted by atomic mass is 32.1. The first kappa shape index (κ1) is 19.4. The van der Waals surface area contributed by atoms with Gasteiger partial charge in [-0.05, 0) is 69.0 Å². The molecule has 0 spiro atoms.